The predicted octanol–water partition coefficient (Wildman–Crippen LogP) is 6.08. The second-order valence-electron chi connectivity index (χ2n) is 9.85. The molecule has 0 aromatic carbocycles. The molecular weight excluding hydrogens is 521 g/mol. The third kappa shape index (κ3) is 6.61. The summed E-state index contributed by atoms with van der Waals surface area (Å²) in [5, 5.41) is 5.28. The lowest BCUT2D eigenvalue weighted by atomic mass is 10.1. The normalized spacial score (nSPS) is 22.8. The molecule has 4 N–H and O–H groups in total. The van der Waals surface area contributed by atoms with Crippen molar-refractivity contribution in [1.82, 2.24) is 9.88 Å². The molecule has 2 fully saturated rings. The molecule has 208 valence electrons. The van der Waals surface area contributed by atoms with Crippen molar-refractivity contribution in [1.29, 1.82) is 0 Å². The highest BCUT2D eigenvalue weighted by Crippen LogP contribution is 2.38. The number of nitrogens with zero attached hydrogens (tertiary/aromatic N) is 5. The molecule has 38 heavy (non-hydrogen) atoms. The molecule has 0 spiro atoms. The van der Waals surface area contributed by atoms with E-state index in [1.165, 1.54) is 19.3 Å². The lowest BCUT2D eigenvalue weighted by Gasteiger charge is -2.40. The number of furan rings is 1. The van der Waals surface area contributed by atoms with Crippen molar-refractivity contribution in [2.45, 2.75) is 59.0 Å². The zero-order valence-corrected chi connectivity index (χ0v) is 24.5. The molecule has 0 amide bonds. The molecule has 0 saturated carbocycles. The van der Waals surface area contributed by atoms with Gasteiger partial charge in [0, 0.05) is 44.1 Å². The van der Waals surface area contributed by atoms with Crippen LogP contribution in [0.15, 0.2) is 40.6 Å². The average molecular weight is 564 g/mol. The molecule has 8 nitrogen and oxygen atoms in total. The smallest absolute Gasteiger partial charge is 0.264 e. The fraction of sp³-hybridized carbons (Fsp3) is 0.500. The van der Waals surface area contributed by atoms with Crippen LogP contribution in [0.1, 0.15) is 70.1 Å². The quantitative estimate of drug-likeness (QED) is 0.101. The first-order chi connectivity index (χ1) is 18.2. The van der Waals surface area contributed by atoms with Gasteiger partial charge in [0.25, 0.3) is 5.84 Å². The van der Waals surface area contributed by atoms with Crippen molar-refractivity contribution < 1.29 is 9.01 Å². The van der Waals surface area contributed by atoms with Crippen molar-refractivity contribution in [3.8, 4) is 0 Å². The Labute approximate surface area is 237 Å². The minimum atomic E-state index is -0.298. The fourth-order valence-electron chi connectivity index (χ4n) is 4.87. The Morgan fingerprint density at radius 3 is 2.29 bits per heavy atom. The van der Waals surface area contributed by atoms with Gasteiger partial charge in [0.05, 0.1) is 15.7 Å². The Kier molecular flexibility index (Phi) is 10.8. The predicted molar refractivity (Wildman–Crippen MR) is 160 cm³/mol. The van der Waals surface area contributed by atoms with Gasteiger partial charge in [-0.3, -0.25) is 9.88 Å². The Morgan fingerprint density at radius 2 is 1.84 bits per heavy atom. The number of quaternary nitrogens is 1. The number of allylic oxidation sites excluding steroid dienone is 1. The maximum Gasteiger partial charge on any atom is 0.264 e. The average Bonchev–Trinajstić information content (AvgIpc) is 3.32. The number of aromatic nitrogens is 1. The molecule has 10 heteroatoms. The summed E-state index contributed by atoms with van der Waals surface area (Å²) in [4.78, 5) is 8.53. The summed E-state index contributed by atoms with van der Waals surface area (Å²) < 4.78 is 6.50. The third-order valence-electron chi connectivity index (χ3n) is 7.17. The van der Waals surface area contributed by atoms with Crippen molar-refractivity contribution in [3.63, 3.8) is 0 Å². The van der Waals surface area contributed by atoms with Crippen LogP contribution < -0.4 is 16.6 Å². The van der Waals surface area contributed by atoms with Crippen LogP contribution in [-0.2, 0) is 0 Å². The van der Waals surface area contributed by atoms with E-state index in [0.29, 0.717) is 29.0 Å². The topological polar surface area (TPSA) is 96.9 Å². The summed E-state index contributed by atoms with van der Waals surface area (Å²) in [6.45, 7) is 16.1. The van der Waals surface area contributed by atoms with Gasteiger partial charge in [0.2, 0.25) is 0 Å². The molecule has 2 aromatic heterocycles. The van der Waals surface area contributed by atoms with Crippen LogP contribution >= 0.6 is 23.2 Å². The zero-order chi connectivity index (χ0) is 27.9. The summed E-state index contributed by atoms with van der Waals surface area (Å²) in [5.74, 6) is 14.8. The van der Waals surface area contributed by atoms with E-state index >= 15 is 0 Å². The number of hydrazone groups is 1. The number of anilines is 1. The van der Waals surface area contributed by atoms with E-state index in [1.54, 1.807) is 18.5 Å². The van der Waals surface area contributed by atoms with Crippen LogP contribution in [0.4, 0.5) is 5.69 Å². The first-order valence-corrected chi connectivity index (χ1v) is 14.1. The number of unbranched alkanes of at least 4 members (excludes halogenated alkanes) is 2. The van der Waals surface area contributed by atoms with Crippen molar-refractivity contribution in [2.75, 3.05) is 37.6 Å². The molecule has 0 radical (unpaired) electrons. The van der Waals surface area contributed by atoms with Crippen LogP contribution in [0.3, 0.4) is 0 Å². The van der Waals surface area contributed by atoms with Gasteiger partial charge in [-0.2, -0.15) is 10.4 Å². The van der Waals surface area contributed by atoms with Gasteiger partial charge >= 0.3 is 0 Å². The molecule has 4 rings (SSSR count). The second-order valence-corrected chi connectivity index (χ2v) is 10.7. The van der Waals surface area contributed by atoms with Crippen LogP contribution in [-0.4, -0.2) is 59.1 Å². The number of pyridine rings is 1. The van der Waals surface area contributed by atoms with Gasteiger partial charge in [-0.25, -0.2) is 0 Å². The van der Waals surface area contributed by atoms with E-state index in [9.17, 15) is 0 Å². The summed E-state index contributed by atoms with van der Waals surface area (Å²) in [6.07, 6.45) is 13.0. The highest BCUT2D eigenvalue weighted by Gasteiger charge is 2.58. The van der Waals surface area contributed by atoms with Crippen LogP contribution in [0.2, 0.25) is 10.0 Å². The molecule has 2 aliphatic heterocycles. The van der Waals surface area contributed by atoms with E-state index in [0.717, 1.165) is 42.4 Å². The molecule has 2 saturated heterocycles. The maximum atomic E-state index is 6.66. The third-order valence-corrected chi connectivity index (χ3v) is 7.72. The molecule has 2 aliphatic rings. The van der Waals surface area contributed by atoms with Crippen molar-refractivity contribution in [3.05, 3.63) is 58.2 Å². The number of nitrogens with two attached hydrogens (primary N) is 2. The second kappa shape index (κ2) is 13.6. The van der Waals surface area contributed by atoms with Gasteiger partial charge in [0.15, 0.2) is 18.6 Å². The van der Waals surface area contributed by atoms with Crippen LogP contribution in [0, 0.1) is 0 Å². The van der Waals surface area contributed by atoms with Gasteiger partial charge in [-0.05, 0) is 26.0 Å². The Hall–Kier alpha value is -2.36. The Balaban J connectivity index is 0.000000732. The SMILES string of the molecule is C=Cc1cc(C(/C(=N/N)[N+]2(N)CC2C)N2CCN(c3c(Cl)cncc3Cl)CC2)oc1/C=C\C.CCCCC. The lowest BCUT2D eigenvalue weighted by Crippen LogP contribution is -2.55. The van der Waals surface area contributed by atoms with Crippen molar-refractivity contribution in [2.24, 2.45) is 16.8 Å². The number of hydrogen-bond acceptors (Lipinski definition) is 7. The molecule has 3 unspecified atom stereocenters. The van der Waals surface area contributed by atoms with E-state index in [4.69, 9.17) is 39.3 Å². The Morgan fingerprint density at radius 1 is 1.24 bits per heavy atom. The van der Waals surface area contributed by atoms with E-state index < -0.39 is 0 Å². The monoisotopic (exact) mass is 562 g/mol. The minimum absolute atomic E-state index is 0.215. The summed E-state index contributed by atoms with van der Waals surface area (Å²) in [6, 6.07) is 1.95. The number of piperazine rings is 1. The number of hydrogen-bond donors (Lipinski definition) is 2. The standard InChI is InChI=1S/C23H30Cl2N7O.C5H12/c1-4-6-19-16(5-2)11-20(33-19)22(23(29-26)32(27)14-15(32)3)31-9-7-30(8-10-31)21-17(24)12-28-13-18(21)25;1-3-5-4-2/h4-6,11-13,15,22H,2,7-10,14,26-27H2,1,3H3;3-5H2,1-2H3/q+1;/b6-4-,29-23-;. The molecule has 0 aliphatic carbocycles. The summed E-state index contributed by atoms with van der Waals surface area (Å²) >= 11 is 12.8. The van der Waals surface area contributed by atoms with Crippen molar-refractivity contribution >= 4 is 46.9 Å². The number of amidine groups is 1. The van der Waals surface area contributed by atoms with E-state index in [-0.39, 0.29) is 16.7 Å². The molecule has 4 heterocycles. The fourth-order valence-corrected chi connectivity index (χ4v) is 5.47. The Bertz CT molecular complexity index is 1120. The first-order valence-electron chi connectivity index (χ1n) is 13.4. The van der Waals surface area contributed by atoms with Crippen LogP contribution in [0.5, 0.6) is 0 Å². The van der Waals surface area contributed by atoms with E-state index in [1.807, 2.05) is 25.1 Å². The first kappa shape index (κ1) is 30.2. The number of halogens is 2. The molecule has 2 aromatic rings. The van der Waals surface area contributed by atoms with Crippen LogP contribution in [0.25, 0.3) is 12.2 Å². The van der Waals surface area contributed by atoms with Gasteiger partial charge in [0.1, 0.15) is 11.5 Å². The maximum absolute atomic E-state index is 6.66. The molecular formula is C28H42Cl2N7O+. The van der Waals surface area contributed by atoms with Gasteiger partial charge in [-0.15, -0.1) is 5.10 Å². The zero-order valence-electron chi connectivity index (χ0n) is 23.0. The highest BCUT2D eigenvalue weighted by atomic mass is 35.5. The molecule has 0 bridgehead atoms. The summed E-state index contributed by atoms with van der Waals surface area (Å²) in [7, 11) is 0. The highest BCUT2D eigenvalue weighted by molar-refractivity contribution is 6.38. The minimum Gasteiger partial charge on any atom is -0.459 e. The number of rotatable bonds is 8. The largest absolute Gasteiger partial charge is 0.459 e. The van der Waals surface area contributed by atoms with Gasteiger partial charge < -0.3 is 15.2 Å². The lowest BCUT2D eigenvalue weighted by molar-refractivity contribution is -0.731. The summed E-state index contributed by atoms with van der Waals surface area (Å²) in [5.41, 5.74) is 1.72. The molecule has 3 atom stereocenters. The van der Waals surface area contributed by atoms with Gasteiger partial charge in [-0.1, -0.05) is 75.0 Å². The van der Waals surface area contributed by atoms with E-state index in [2.05, 4.69) is 47.2 Å².